The van der Waals surface area contributed by atoms with Gasteiger partial charge in [-0.2, -0.15) is 13.2 Å². The Morgan fingerprint density at radius 2 is 1.75 bits per heavy atom. The highest BCUT2D eigenvalue weighted by atomic mass is 35.5. The minimum atomic E-state index is -5.08. The summed E-state index contributed by atoms with van der Waals surface area (Å²) < 4.78 is 52.4. The summed E-state index contributed by atoms with van der Waals surface area (Å²) in [6.45, 7) is 3.37. The van der Waals surface area contributed by atoms with E-state index < -0.39 is 30.0 Å². The summed E-state index contributed by atoms with van der Waals surface area (Å²) in [6, 6.07) is 6.28. The number of rotatable bonds is 5. The predicted octanol–water partition coefficient (Wildman–Crippen LogP) is 5.87. The first-order valence-electron chi connectivity index (χ1n) is 12.2. The monoisotopic (exact) mass is 585 g/mol. The first kappa shape index (κ1) is 29.1. The lowest BCUT2D eigenvalue weighted by molar-refractivity contribution is -0.192. The molecule has 1 aliphatic carbocycles. The molecule has 9 nitrogen and oxygen atoms in total. The second-order valence-electron chi connectivity index (χ2n) is 9.81. The third-order valence-corrected chi connectivity index (χ3v) is 7.26. The molecule has 1 unspecified atom stereocenters. The van der Waals surface area contributed by atoms with Crippen LogP contribution in [-0.4, -0.2) is 46.4 Å². The molecule has 3 heterocycles. The molecule has 5 rings (SSSR count). The molecule has 1 atom stereocenters. The molecule has 1 saturated heterocycles. The number of piperidine rings is 1. The van der Waals surface area contributed by atoms with Gasteiger partial charge in [0.1, 0.15) is 16.6 Å². The molecule has 14 heteroatoms. The number of carbonyl (C=O) groups is 2. The average Bonchev–Trinajstić information content (AvgIpc) is 3.63. The van der Waals surface area contributed by atoms with E-state index in [-0.39, 0.29) is 32.9 Å². The highest BCUT2D eigenvalue weighted by molar-refractivity contribution is 6.29. The Balaban J connectivity index is 0.000000470. The molecule has 3 aromatic rings. The molecule has 1 aliphatic heterocycles. The van der Waals surface area contributed by atoms with Crippen molar-refractivity contribution in [3.63, 3.8) is 0 Å². The number of benzene rings is 1. The number of halogens is 5. The average molecular weight is 586 g/mol. The maximum Gasteiger partial charge on any atom is 0.490 e. The number of aromatic carboxylic acids is 1. The number of anilines is 2. The minimum Gasteiger partial charge on any atom is -0.476 e. The molecule has 1 saturated carbocycles. The molecule has 214 valence electrons. The molecule has 2 aromatic heterocycles. The standard InChI is InChI=1S/C24H23ClFN3O4.C2HF3O2/c1-13(27-17-2-3-19(25)28-21(17)23(31)32)15-10-14(26)11-16-18(30)12-20(33-22(15)16)29-8-6-24(4-5-24)7-9-29;3-2(4,5)1(6)7/h2-3,10-13,27H,4-9H2,1H3,(H,31,32);(H,6,7). The van der Waals surface area contributed by atoms with Crippen LogP contribution in [0.4, 0.5) is 29.1 Å². The molecule has 2 aliphatic rings. The number of aromatic nitrogens is 1. The van der Waals surface area contributed by atoms with Gasteiger partial charge in [0.25, 0.3) is 0 Å². The summed E-state index contributed by atoms with van der Waals surface area (Å²) in [5.74, 6) is -4.11. The fourth-order valence-electron chi connectivity index (χ4n) is 4.62. The molecule has 1 aromatic carbocycles. The van der Waals surface area contributed by atoms with E-state index in [1.807, 2.05) is 0 Å². The Labute approximate surface area is 229 Å². The number of fused-ring (bicyclic) bond motifs is 1. The van der Waals surface area contributed by atoms with Crippen LogP contribution < -0.4 is 15.6 Å². The molecular formula is C26H24ClF4N3O6. The van der Waals surface area contributed by atoms with Gasteiger partial charge in [-0.1, -0.05) is 11.6 Å². The number of carboxylic acids is 2. The van der Waals surface area contributed by atoms with Crippen LogP contribution in [0.5, 0.6) is 0 Å². The van der Waals surface area contributed by atoms with Gasteiger partial charge in [0.15, 0.2) is 17.0 Å². The Hall–Kier alpha value is -3.87. The Morgan fingerprint density at radius 1 is 1.12 bits per heavy atom. The summed E-state index contributed by atoms with van der Waals surface area (Å²) in [4.78, 5) is 39.3. The normalized spacial score (nSPS) is 16.7. The number of nitrogens with one attached hydrogen (secondary N) is 1. The van der Waals surface area contributed by atoms with E-state index in [0.717, 1.165) is 25.9 Å². The minimum absolute atomic E-state index is 0.0481. The van der Waals surface area contributed by atoms with Gasteiger partial charge in [0.05, 0.1) is 17.1 Å². The van der Waals surface area contributed by atoms with Crippen LogP contribution in [0.25, 0.3) is 11.0 Å². The second kappa shape index (κ2) is 11.0. The third kappa shape index (κ3) is 6.46. The topological polar surface area (TPSA) is 133 Å². The number of aliphatic carboxylic acids is 1. The molecular weight excluding hydrogens is 562 g/mol. The van der Waals surface area contributed by atoms with Crippen molar-refractivity contribution in [2.24, 2.45) is 5.41 Å². The number of nitrogens with zero attached hydrogens (tertiary/aromatic N) is 2. The zero-order chi connectivity index (χ0) is 29.4. The summed E-state index contributed by atoms with van der Waals surface area (Å²) in [6.07, 6.45) is -0.394. The lowest BCUT2D eigenvalue weighted by Gasteiger charge is -2.32. The maximum atomic E-state index is 14.4. The van der Waals surface area contributed by atoms with E-state index in [2.05, 4.69) is 15.2 Å². The second-order valence-corrected chi connectivity index (χ2v) is 10.2. The van der Waals surface area contributed by atoms with Crippen molar-refractivity contribution in [1.29, 1.82) is 0 Å². The largest absolute Gasteiger partial charge is 0.490 e. The van der Waals surface area contributed by atoms with Crippen molar-refractivity contribution < 1.29 is 41.8 Å². The van der Waals surface area contributed by atoms with E-state index >= 15 is 0 Å². The number of hydrogen-bond donors (Lipinski definition) is 3. The first-order chi connectivity index (χ1) is 18.7. The van der Waals surface area contributed by atoms with Crippen LogP contribution in [0, 0.1) is 11.2 Å². The SMILES string of the molecule is CC(Nc1ccc(Cl)nc1C(=O)O)c1cc(F)cc2c(=O)cc(N3CCC4(CC3)CC4)oc12.O=C(O)C(F)(F)F. The number of alkyl halides is 3. The van der Waals surface area contributed by atoms with E-state index in [0.29, 0.717) is 16.9 Å². The van der Waals surface area contributed by atoms with Gasteiger partial charge in [-0.15, -0.1) is 0 Å². The van der Waals surface area contributed by atoms with E-state index in [1.165, 1.54) is 43.2 Å². The molecule has 2 fully saturated rings. The van der Waals surface area contributed by atoms with Crippen molar-refractivity contribution in [2.75, 3.05) is 23.3 Å². The number of hydrogen-bond acceptors (Lipinski definition) is 7. The van der Waals surface area contributed by atoms with Crippen LogP contribution in [-0.2, 0) is 4.79 Å². The van der Waals surface area contributed by atoms with E-state index in [9.17, 15) is 32.3 Å². The summed E-state index contributed by atoms with van der Waals surface area (Å²) in [7, 11) is 0. The van der Waals surface area contributed by atoms with Gasteiger partial charge < -0.3 is 24.8 Å². The molecule has 40 heavy (non-hydrogen) atoms. The van der Waals surface area contributed by atoms with Crippen LogP contribution in [0.3, 0.4) is 0 Å². The van der Waals surface area contributed by atoms with Gasteiger partial charge in [0, 0.05) is 24.7 Å². The predicted molar refractivity (Wildman–Crippen MR) is 137 cm³/mol. The number of pyridine rings is 1. The smallest absolute Gasteiger partial charge is 0.476 e. The Kier molecular flexibility index (Phi) is 7.97. The highest BCUT2D eigenvalue weighted by Crippen LogP contribution is 2.54. The van der Waals surface area contributed by atoms with Crippen molar-refractivity contribution in [3.8, 4) is 0 Å². The maximum absolute atomic E-state index is 14.4. The molecule has 0 radical (unpaired) electrons. The lowest BCUT2D eigenvalue weighted by atomic mass is 9.94. The van der Waals surface area contributed by atoms with Crippen molar-refractivity contribution in [3.05, 3.63) is 62.8 Å². The molecule has 0 amide bonds. The fraction of sp³-hybridized carbons (Fsp3) is 0.385. The van der Waals surface area contributed by atoms with Crippen LogP contribution in [0.1, 0.15) is 54.7 Å². The van der Waals surface area contributed by atoms with Crippen LogP contribution >= 0.6 is 11.6 Å². The summed E-state index contributed by atoms with van der Waals surface area (Å²) >= 11 is 5.84. The van der Waals surface area contributed by atoms with Crippen molar-refractivity contribution in [1.82, 2.24) is 4.98 Å². The molecule has 3 N–H and O–H groups in total. The number of carboxylic acid groups (broad SMARTS) is 2. The van der Waals surface area contributed by atoms with Gasteiger partial charge in [0.2, 0.25) is 0 Å². The van der Waals surface area contributed by atoms with Crippen LogP contribution in [0.15, 0.2) is 39.5 Å². The molecule has 0 bridgehead atoms. The Bertz CT molecular complexity index is 1510. The zero-order valence-corrected chi connectivity index (χ0v) is 21.8. The first-order valence-corrected chi connectivity index (χ1v) is 12.6. The zero-order valence-electron chi connectivity index (χ0n) is 21.0. The van der Waals surface area contributed by atoms with Crippen LogP contribution in [0.2, 0.25) is 5.15 Å². The summed E-state index contributed by atoms with van der Waals surface area (Å²) in [5, 5.41) is 19.8. The van der Waals surface area contributed by atoms with Crippen molar-refractivity contribution in [2.45, 2.75) is 44.8 Å². The third-order valence-electron chi connectivity index (χ3n) is 7.05. The van der Waals surface area contributed by atoms with Gasteiger partial charge in [-0.25, -0.2) is 19.0 Å². The lowest BCUT2D eigenvalue weighted by Crippen LogP contribution is -2.34. The van der Waals surface area contributed by atoms with Gasteiger partial charge >= 0.3 is 18.1 Å². The van der Waals surface area contributed by atoms with Gasteiger partial charge in [-0.05, 0) is 62.3 Å². The Morgan fingerprint density at radius 3 is 2.30 bits per heavy atom. The van der Waals surface area contributed by atoms with Crippen molar-refractivity contribution >= 4 is 46.1 Å². The fourth-order valence-corrected chi connectivity index (χ4v) is 4.76. The van der Waals surface area contributed by atoms with Gasteiger partial charge in [-0.3, -0.25) is 4.79 Å². The quantitative estimate of drug-likeness (QED) is 0.248. The van der Waals surface area contributed by atoms with E-state index in [1.54, 1.807) is 6.92 Å². The highest BCUT2D eigenvalue weighted by Gasteiger charge is 2.44. The van der Waals surface area contributed by atoms with E-state index in [4.69, 9.17) is 25.9 Å². The molecule has 1 spiro atoms. The summed E-state index contributed by atoms with van der Waals surface area (Å²) in [5.41, 5.74) is 0.829.